The minimum Gasteiger partial charge on any atom is -0.0651 e. The predicted molar refractivity (Wildman–Crippen MR) is 72.2 cm³/mol. The Morgan fingerprint density at radius 1 is 1.20 bits per heavy atom. The first-order valence-electron chi connectivity index (χ1n) is 6.89. The zero-order chi connectivity index (χ0) is 11.5. The molecule has 0 amide bonds. The van der Waals surface area contributed by atoms with Gasteiger partial charge in [-0.3, -0.25) is 0 Å². The van der Waals surface area contributed by atoms with E-state index in [1.165, 1.54) is 44.9 Å². The molecule has 1 fully saturated rings. The highest BCUT2D eigenvalue weighted by Gasteiger charge is 2.38. The molecule has 0 bridgehead atoms. The van der Waals surface area contributed by atoms with Crippen LogP contribution in [0.5, 0.6) is 0 Å². The van der Waals surface area contributed by atoms with Crippen LogP contribution in [0.2, 0.25) is 5.31 Å². The largest absolute Gasteiger partial charge is 0.110 e. The lowest BCUT2D eigenvalue weighted by atomic mass is 9.48. The fourth-order valence-electron chi connectivity index (χ4n) is 3.00. The van der Waals surface area contributed by atoms with E-state index in [1.54, 1.807) is 0 Å². The summed E-state index contributed by atoms with van der Waals surface area (Å²) >= 11 is 0. The Balaban J connectivity index is 2.75. The SMILES string of the molecule is BC1(C(C)(C)C)CCCCCC(CC)C1. The van der Waals surface area contributed by atoms with Crippen LogP contribution in [-0.2, 0) is 0 Å². The van der Waals surface area contributed by atoms with Gasteiger partial charge in [-0.15, -0.1) is 0 Å². The minimum absolute atomic E-state index is 0.470. The third kappa shape index (κ3) is 3.26. The summed E-state index contributed by atoms with van der Waals surface area (Å²) in [6.45, 7) is 9.67. The summed E-state index contributed by atoms with van der Waals surface area (Å²) < 4.78 is 0. The van der Waals surface area contributed by atoms with Crippen LogP contribution in [0.3, 0.4) is 0 Å². The quantitative estimate of drug-likeness (QED) is 0.566. The topological polar surface area (TPSA) is 0 Å². The fourth-order valence-corrected chi connectivity index (χ4v) is 3.00. The molecule has 1 aliphatic carbocycles. The Bertz CT molecular complexity index is 192. The molecule has 1 heteroatoms. The first-order valence-corrected chi connectivity index (χ1v) is 6.89. The van der Waals surface area contributed by atoms with E-state index in [4.69, 9.17) is 0 Å². The van der Waals surface area contributed by atoms with Gasteiger partial charge >= 0.3 is 0 Å². The Hall–Kier alpha value is 0.0649. The van der Waals surface area contributed by atoms with E-state index in [1.807, 2.05) is 0 Å². The molecule has 0 heterocycles. The summed E-state index contributed by atoms with van der Waals surface area (Å²) in [7, 11) is 2.53. The zero-order valence-electron chi connectivity index (χ0n) is 11.5. The molecule has 88 valence electrons. The first-order chi connectivity index (χ1) is 6.89. The highest BCUT2D eigenvalue weighted by molar-refractivity contribution is 6.15. The van der Waals surface area contributed by atoms with Crippen molar-refractivity contribution in [1.82, 2.24) is 0 Å². The predicted octanol–water partition coefficient (Wildman–Crippen LogP) is 4.20. The summed E-state index contributed by atoms with van der Waals surface area (Å²) in [5, 5.41) is 0.564. The van der Waals surface area contributed by atoms with Gasteiger partial charge in [-0.05, 0) is 11.3 Å². The molecule has 0 radical (unpaired) electrons. The lowest BCUT2D eigenvalue weighted by Crippen LogP contribution is -2.32. The van der Waals surface area contributed by atoms with Crippen LogP contribution in [0.15, 0.2) is 0 Å². The van der Waals surface area contributed by atoms with Crippen LogP contribution < -0.4 is 0 Å². The van der Waals surface area contributed by atoms with E-state index in [9.17, 15) is 0 Å². The van der Waals surface area contributed by atoms with Crippen molar-refractivity contribution in [2.75, 3.05) is 0 Å². The first kappa shape index (κ1) is 13.1. The molecule has 0 spiro atoms. The highest BCUT2D eigenvalue weighted by Crippen LogP contribution is 2.53. The van der Waals surface area contributed by atoms with Gasteiger partial charge in [0.05, 0.1) is 0 Å². The smallest absolute Gasteiger partial charge is 0.0651 e. The second kappa shape index (κ2) is 4.93. The summed E-state index contributed by atoms with van der Waals surface area (Å²) in [5.41, 5.74) is 0.470. The van der Waals surface area contributed by atoms with Crippen molar-refractivity contribution >= 4 is 7.85 Å². The van der Waals surface area contributed by atoms with Gasteiger partial charge in [0.2, 0.25) is 0 Å². The molecule has 0 aromatic carbocycles. The number of hydrogen-bond donors (Lipinski definition) is 0. The van der Waals surface area contributed by atoms with Crippen molar-refractivity contribution in [3.8, 4) is 0 Å². The minimum atomic E-state index is 0.470. The second-order valence-corrected chi connectivity index (χ2v) is 6.89. The average Bonchev–Trinajstić information content (AvgIpc) is 2.09. The van der Waals surface area contributed by atoms with E-state index in [2.05, 4.69) is 35.5 Å². The summed E-state index contributed by atoms with van der Waals surface area (Å²) in [6, 6.07) is 0. The van der Waals surface area contributed by atoms with Crippen molar-refractivity contribution < 1.29 is 0 Å². The normalized spacial score (nSPS) is 34.5. The monoisotopic (exact) mass is 208 g/mol. The van der Waals surface area contributed by atoms with E-state index >= 15 is 0 Å². The summed E-state index contributed by atoms with van der Waals surface area (Å²) in [6.07, 6.45) is 10.1. The van der Waals surface area contributed by atoms with E-state index in [0.29, 0.717) is 10.7 Å². The third-order valence-electron chi connectivity index (χ3n) is 4.97. The van der Waals surface area contributed by atoms with Crippen molar-refractivity contribution in [1.29, 1.82) is 0 Å². The molecular weight excluding hydrogens is 179 g/mol. The van der Waals surface area contributed by atoms with Crippen LogP contribution in [0.4, 0.5) is 0 Å². The van der Waals surface area contributed by atoms with Crippen molar-refractivity contribution in [2.45, 2.75) is 78.0 Å². The fraction of sp³-hybridized carbons (Fsp3) is 1.00. The van der Waals surface area contributed by atoms with E-state index < -0.39 is 0 Å². The summed E-state index contributed by atoms with van der Waals surface area (Å²) in [5.74, 6) is 0.981. The highest BCUT2D eigenvalue weighted by atomic mass is 14.4. The molecule has 1 aliphatic rings. The zero-order valence-corrected chi connectivity index (χ0v) is 11.5. The molecule has 1 saturated carbocycles. The molecule has 2 unspecified atom stereocenters. The van der Waals surface area contributed by atoms with Crippen LogP contribution in [0.1, 0.15) is 72.6 Å². The lowest BCUT2D eigenvalue weighted by molar-refractivity contribution is 0.179. The van der Waals surface area contributed by atoms with Gasteiger partial charge in [0.1, 0.15) is 7.85 Å². The van der Waals surface area contributed by atoms with Gasteiger partial charge in [-0.25, -0.2) is 0 Å². The van der Waals surface area contributed by atoms with E-state index in [-0.39, 0.29) is 0 Å². The molecular formula is C14H29B. The van der Waals surface area contributed by atoms with Crippen LogP contribution in [0, 0.1) is 11.3 Å². The Morgan fingerprint density at radius 3 is 2.40 bits per heavy atom. The Labute approximate surface area is 97.6 Å². The molecule has 0 aromatic rings. The Morgan fingerprint density at radius 2 is 1.87 bits per heavy atom. The van der Waals surface area contributed by atoms with Crippen molar-refractivity contribution in [2.24, 2.45) is 11.3 Å². The van der Waals surface area contributed by atoms with Crippen LogP contribution >= 0.6 is 0 Å². The van der Waals surface area contributed by atoms with Crippen molar-refractivity contribution in [3.05, 3.63) is 0 Å². The maximum absolute atomic E-state index is 2.53. The summed E-state index contributed by atoms with van der Waals surface area (Å²) in [4.78, 5) is 0. The molecule has 1 rings (SSSR count). The van der Waals surface area contributed by atoms with Crippen molar-refractivity contribution in [3.63, 3.8) is 0 Å². The molecule has 15 heavy (non-hydrogen) atoms. The van der Waals surface area contributed by atoms with Gasteiger partial charge in [-0.2, -0.15) is 0 Å². The molecule has 2 atom stereocenters. The average molecular weight is 208 g/mol. The van der Waals surface area contributed by atoms with Gasteiger partial charge in [0, 0.05) is 0 Å². The molecule has 0 aromatic heterocycles. The lowest BCUT2D eigenvalue weighted by Gasteiger charge is -2.46. The van der Waals surface area contributed by atoms with Gasteiger partial charge in [0.15, 0.2) is 0 Å². The van der Waals surface area contributed by atoms with Gasteiger partial charge < -0.3 is 0 Å². The van der Waals surface area contributed by atoms with E-state index in [0.717, 1.165) is 5.92 Å². The Kier molecular flexibility index (Phi) is 4.32. The van der Waals surface area contributed by atoms with Crippen LogP contribution in [-0.4, -0.2) is 7.85 Å². The maximum atomic E-state index is 2.53. The molecule has 0 N–H and O–H groups in total. The second-order valence-electron chi connectivity index (χ2n) is 6.89. The van der Waals surface area contributed by atoms with Gasteiger partial charge in [0.25, 0.3) is 0 Å². The number of rotatable bonds is 1. The molecule has 0 saturated heterocycles. The maximum Gasteiger partial charge on any atom is 0.110 e. The number of hydrogen-bond acceptors (Lipinski definition) is 0. The molecule has 0 aliphatic heterocycles. The van der Waals surface area contributed by atoms with Gasteiger partial charge in [-0.1, -0.05) is 78.0 Å². The standard InChI is InChI=1S/C14H29B/c1-5-12-9-7-6-8-10-14(15,11-12)13(2,3)4/h12H,5-11,15H2,1-4H3. The van der Waals surface area contributed by atoms with Crippen LogP contribution in [0.25, 0.3) is 0 Å². The third-order valence-corrected chi connectivity index (χ3v) is 4.97. The molecule has 0 nitrogen and oxygen atoms in total.